The average Bonchev–Trinajstić information content (AvgIpc) is 3.30. The minimum Gasteiger partial charge on any atom is -0.423 e. The first-order valence-corrected chi connectivity index (χ1v) is 10.3. The fraction of sp³-hybridized carbons (Fsp3) is 0.261. The van der Waals surface area contributed by atoms with Gasteiger partial charge in [-0.05, 0) is 50.1 Å². The number of carbonyl (C=O) groups excluding carboxylic acids is 2. The zero-order valence-electron chi connectivity index (χ0n) is 17.7. The monoisotopic (exact) mass is 452 g/mol. The van der Waals surface area contributed by atoms with E-state index in [9.17, 15) is 24.5 Å². The van der Waals surface area contributed by atoms with Gasteiger partial charge in [-0.2, -0.15) is 0 Å². The molecule has 1 atom stereocenters. The number of esters is 1. The molecule has 3 aromatic rings. The van der Waals surface area contributed by atoms with Crippen molar-refractivity contribution in [2.75, 3.05) is 13.2 Å². The topological polar surface area (TPSA) is 138 Å². The highest BCUT2D eigenvalue weighted by atomic mass is 16.6. The third-order valence-electron chi connectivity index (χ3n) is 5.31. The van der Waals surface area contributed by atoms with Crippen LogP contribution in [0.5, 0.6) is 5.75 Å². The van der Waals surface area contributed by atoms with Crippen molar-refractivity contribution in [3.05, 3.63) is 79.7 Å². The zero-order valence-corrected chi connectivity index (χ0v) is 17.7. The first-order valence-electron chi connectivity index (χ1n) is 10.3. The molecule has 2 heterocycles. The molecule has 0 saturated carbocycles. The lowest BCUT2D eigenvalue weighted by atomic mass is 10.1. The Balaban J connectivity index is 1.50. The van der Waals surface area contributed by atoms with Gasteiger partial charge < -0.3 is 19.2 Å². The molecule has 1 fully saturated rings. The van der Waals surface area contributed by atoms with Gasteiger partial charge in [0.1, 0.15) is 16.9 Å². The van der Waals surface area contributed by atoms with Crippen LogP contribution in [0.1, 0.15) is 39.1 Å². The largest absolute Gasteiger partial charge is 0.423 e. The number of hydrogen-bond acceptors (Lipinski definition) is 8. The normalized spacial score (nSPS) is 15.4. The Hall–Kier alpha value is -4.05. The number of fused-ring (bicyclic) bond motifs is 1. The third kappa shape index (κ3) is 4.90. The second kappa shape index (κ2) is 9.21. The molecule has 0 radical (unpaired) electrons. The molecule has 0 bridgehead atoms. The summed E-state index contributed by atoms with van der Waals surface area (Å²) in [6.45, 7) is 2.50. The van der Waals surface area contributed by atoms with Gasteiger partial charge in [0.05, 0.1) is 16.6 Å². The lowest BCUT2D eigenvalue weighted by Crippen LogP contribution is -2.34. The van der Waals surface area contributed by atoms with E-state index >= 15 is 0 Å². The van der Waals surface area contributed by atoms with Gasteiger partial charge in [0.2, 0.25) is 0 Å². The van der Waals surface area contributed by atoms with Gasteiger partial charge >= 0.3 is 11.6 Å². The lowest BCUT2D eigenvalue weighted by Gasteiger charge is -2.10. The predicted octanol–water partition coefficient (Wildman–Crippen LogP) is 3.14. The van der Waals surface area contributed by atoms with Crippen molar-refractivity contribution in [2.24, 2.45) is 0 Å². The highest BCUT2D eigenvalue weighted by Gasteiger charge is 2.20. The minimum absolute atomic E-state index is 0.0572. The number of amides is 1. The standard InChI is InChI=1S/C23H20N2O8/c1-13-9-15(5-7-19(13)25(29)30)22(27)32-16-6-4-14-10-18(23(28)33-20(14)11-16)21(26)24-12-17-3-2-8-31-17/h4-7,9-11,17H,2-3,8,12H2,1H3,(H,24,26). The number of ether oxygens (including phenoxy) is 2. The van der Waals surface area contributed by atoms with Crippen molar-refractivity contribution < 1.29 is 28.4 Å². The Labute approximate surface area is 187 Å². The summed E-state index contributed by atoms with van der Waals surface area (Å²) in [6, 6.07) is 9.72. The van der Waals surface area contributed by atoms with Gasteiger partial charge in [-0.15, -0.1) is 0 Å². The molecule has 1 aliphatic heterocycles. The summed E-state index contributed by atoms with van der Waals surface area (Å²) in [6.07, 6.45) is 1.74. The van der Waals surface area contributed by atoms with Gasteiger partial charge in [-0.3, -0.25) is 14.9 Å². The van der Waals surface area contributed by atoms with E-state index in [2.05, 4.69) is 5.32 Å². The molecule has 170 valence electrons. The summed E-state index contributed by atoms with van der Waals surface area (Å²) in [4.78, 5) is 47.5. The number of benzene rings is 2. The maximum atomic E-state index is 12.4. The highest BCUT2D eigenvalue weighted by Crippen LogP contribution is 2.23. The molecule has 2 aromatic carbocycles. The SMILES string of the molecule is Cc1cc(C(=O)Oc2ccc3cc(C(=O)NCC4CCCO4)c(=O)oc3c2)ccc1[N+](=O)[O-]. The van der Waals surface area contributed by atoms with Gasteiger partial charge in [0.15, 0.2) is 0 Å². The van der Waals surface area contributed by atoms with E-state index in [4.69, 9.17) is 13.9 Å². The smallest absolute Gasteiger partial charge is 0.349 e. The Morgan fingerprint density at radius 2 is 2.03 bits per heavy atom. The molecule has 1 saturated heterocycles. The van der Waals surface area contributed by atoms with Crippen molar-refractivity contribution in [2.45, 2.75) is 25.9 Å². The first-order chi connectivity index (χ1) is 15.8. The summed E-state index contributed by atoms with van der Waals surface area (Å²) in [5.74, 6) is -1.16. The van der Waals surface area contributed by atoms with Crippen molar-refractivity contribution in [3.8, 4) is 5.75 Å². The van der Waals surface area contributed by atoms with Crippen LogP contribution in [0.25, 0.3) is 11.0 Å². The fourth-order valence-corrected chi connectivity index (χ4v) is 3.57. The molecular formula is C23H20N2O8. The van der Waals surface area contributed by atoms with Crippen molar-refractivity contribution in [1.82, 2.24) is 5.32 Å². The maximum Gasteiger partial charge on any atom is 0.349 e. The van der Waals surface area contributed by atoms with Gasteiger partial charge in [0, 0.05) is 36.2 Å². The molecule has 1 N–H and O–H groups in total. The average molecular weight is 452 g/mol. The molecule has 0 aliphatic carbocycles. The van der Waals surface area contributed by atoms with E-state index in [-0.39, 0.29) is 34.3 Å². The third-order valence-corrected chi connectivity index (χ3v) is 5.31. The zero-order chi connectivity index (χ0) is 23.5. The summed E-state index contributed by atoms with van der Waals surface area (Å²) in [5, 5.41) is 14.1. The van der Waals surface area contributed by atoms with E-state index in [1.165, 1.54) is 43.3 Å². The highest BCUT2D eigenvalue weighted by molar-refractivity contribution is 5.97. The van der Waals surface area contributed by atoms with Crippen LogP contribution in [-0.4, -0.2) is 36.1 Å². The summed E-state index contributed by atoms with van der Waals surface area (Å²) >= 11 is 0. The molecule has 10 heteroatoms. The maximum absolute atomic E-state index is 12.4. The predicted molar refractivity (Wildman–Crippen MR) is 117 cm³/mol. The molecule has 1 aliphatic rings. The van der Waals surface area contributed by atoms with Crippen LogP contribution < -0.4 is 15.7 Å². The van der Waals surface area contributed by atoms with Crippen LogP contribution in [0.3, 0.4) is 0 Å². The molecule has 10 nitrogen and oxygen atoms in total. The van der Waals surface area contributed by atoms with E-state index in [1.54, 1.807) is 6.07 Å². The van der Waals surface area contributed by atoms with Gasteiger partial charge in [-0.25, -0.2) is 9.59 Å². The molecule has 0 spiro atoms. The van der Waals surface area contributed by atoms with E-state index in [0.29, 0.717) is 24.1 Å². The fourth-order valence-electron chi connectivity index (χ4n) is 3.57. The number of carbonyl (C=O) groups is 2. The van der Waals surface area contributed by atoms with Crippen LogP contribution >= 0.6 is 0 Å². The summed E-state index contributed by atoms with van der Waals surface area (Å²) in [5.41, 5.74) is -0.453. The second-order valence-electron chi connectivity index (χ2n) is 7.64. The molecule has 1 amide bonds. The van der Waals surface area contributed by atoms with E-state index in [1.807, 2.05) is 0 Å². The molecule has 4 rings (SSSR count). The van der Waals surface area contributed by atoms with Crippen LogP contribution in [0.2, 0.25) is 0 Å². The van der Waals surface area contributed by atoms with Crippen LogP contribution in [0, 0.1) is 17.0 Å². The Kier molecular flexibility index (Phi) is 6.18. The first kappa shape index (κ1) is 22.2. The van der Waals surface area contributed by atoms with E-state index < -0.39 is 22.4 Å². The summed E-state index contributed by atoms with van der Waals surface area (Å²) < 4.78 is 16.0. The van der Waals surface area contributed by atoms with Gasteiger partial charge in [0.25, 0.3) is 11.6 Å². The summed E-state index contributed by atoms with van der Waals surface area (Å²) in [7, 11) is 0. The van der Waals surface area contributed by atoms with Crippen molar-refractivity contribution in [1.29, 1.82) is 0 Å². The van der Waals surface area contributed by atoms with Crippen molar-refractivity contribution >= 4 is 28.5 Å². The quantitative estimate of drug-likeness (QED) is 0.198. The number of nitro benzene ring substituents is 1. The Morgan fingerprint density at radius 1 is 1.21 bits per heavy atom. The van der Waals surface area contributed by atoms with E-state index in [0.717, 1.165) is 12.8 Å². The molecule has 1 aromatic heterocycles. The molecule has 33 heavy (non-hydrogen) atoms. The lowest BCUT2D eigenvalue weighted by molar-refractivity contribution is -0.385. The number of rotatable bonds is 6. The second-order valence-corrected chi connectivity index (χ2v) is 7.64. The Morgan fingerprint density at radius 3 is 2.73 bits per heavy atom. The number of aryl methyl sites for hydroxylation is 1. The van der Waals surface area contributed by atoms with Crippen LogP contribution in [0.15, 0.2) is 51.7 Å². The van der Waals surface area contributed by atoms with Crippen LogP contribution in [-0.2, 0) is 4.74 Å². The number of hydrogen-bond donors (Lipinski definition) is 1. The number of nitro groups is 1. The van der Waals surface area contributed by atoms with Crippen molar-refractivity contribution in [3.63, 3.8) is 0 Å². The molecule has 1 unspecified atom stereocenters. The van der Waals surface area contributed by atoms with Gasteiger partial charge in [-0.1, -0.05) is 0 Å². The number of nitrogens with one attached hydrogen (secondary N) is 1. The van der Waals surface area contributed by atoms with Crippen LogP contribution in [0.4, 0.5) is 5.69 Å². The molecular weight excluding hydrogens is 432 g/mol. The number of nitrogens with zero attached hydrogens (tertiary/aromatic N) is 1. The Bertz CT molecular complexity index is 1310. The minimum atomic E-state index is -0.818.